The first-order valence-corrected chi connectivity index (χ1v) is 7.79. The molecule has 5 heteroatoms. The Morgan fingerprint density at radius 1 is 1.50 bits per heavy atom. The van der Waals surface area contributed by atoms with Crippen LogP contribution in [-0.4, -0.2) is 22.3 Å². The van der Waals surface area contributed by atoms with Crippen LogP contribution in [-0.2, 0) is 17.3 Å². The first kappa shape index (κ1) is 14.2. The smallest absolute Gasteiger partial charge is 0.0410 e. The van der Waals surface area contributed by atoms with Crippen LogP contribution >= 0.6 is 27.5 Å². The molecule has 0 saturated heterocycles. The molecular formula is C11H15BrClNOS. The molecular weight excluding hydrogens is 310 g/mol. The van der Waals surface area contributed by atoms with E-state index in [2.05, 4.69) is 21.2 Å². The van der Waals surface area contributed by atoms with E-state index >= 15 is 0 Å². The average Bonchev–Trinajstić information content (AvgIpc) is 2.28. The van der Waals surface area contributed by atoms with Gasteiger partial charge in [-0.3, -0.25) is 4.21 Å². The number of nitrogens with one attached hydrogen (secondary N) is 1. The molecule has 0 aliphatic carbocycles. The van der Waals surface area contributed by atoms with Crippen molar-refractivity contribution in [3.63, 3.8) is 0 Å². The van der Waals surface area contributed by atoms with Gasteiger partial charge in [0.2, 0.25) is 0 Å². The molecule has 0 amide bonds. The zero-order valence-corrected chi connectivity index (χ0v) is 12.3. The molecule has 1 aromatic carbocycles. The fraction of sp³-hybridized carbons (Fsp3) is 0.455. The third-order valence-electron chi connectivity index (χ3n) is 2.15. The molecule has 1 unspecified atom stereocenters. The van der Waals surface area contributed by atoms with Crippen LogP contribution in [0, 0.1) is 0 Å². The molecule has 16 heavy (non-hydrogen) atoms. The van der Waals surface area contributed by atoms with Crippen LogP contribution in [0.1, 0.15) is 12.5 Å². The van der Waals surface area contributed by atoms with Crippen molar-refractivity contribution in [2.24, 2.45) is 0 Å². The first-order valence-electron chi connectivity index (χ1n) is 5.13. The molecule has 1 aromatic rings. The van der Waals surface area contributed by atoms with E-state index in [1.54, 1.807) is 0 Å². The third kappa shape index (κ3) is 4.95. The lowest BCUT2D eigenvalue weighted by atomic mass is 10.2. The number of hydrogen-bond acceptors (Lipinski definition) is 2. The van der Waals surface area contributed by atoms with Crippen LogP contribution in [0.15, 0.2) is 22.7 Å². The Bertz CT molecular complexity index is 373. The Labute approximate surface area is 112 Å². The van der Waals surface area contributed by atoms with E-state index in [0.717, 1.165) is 33.9 Å². The summed E-state index contributed by atoms with van der Waals surface area (Å²) < 4.78 is 12.2. The maximum Gasteiger partial charge on any atom is 0.0410 e. The highest BCUT2D eigenvalue weighted by molar-refractivity contribution is 9.10. The molecule has 1 N–H and O–H groups in total. The standard InChI is InChI=1S/C11H15BrClNOS/c1-2-16(15)6-5-14-8-9-7-10(13)3-4-11(9)12/h3-4,7,14H,2,5-6,8H2,1H3. The second kappa shape index (κ2) is 7.43. The molecule has 0 aliphatic heterocycles. The maximum atomic E-state index is 11.2. The lowest BCUT2D eigenvalue weighted by Gasteiger charge is -2.07. The summed E-state index contributed by atoms with van der Waals surface area (Å²) in [7, 11) is -0.695. The minimum atomic E-state index is -0.695. The average molecular weight is 325 g/mol. The highest BCUT2D eigenvalue weighted by atomic mass is 79.9. The Balaban J connectivity index is 2.37. The molecule has 0 radical (unpaired) electrons. The van der Waals surface area contributed by atoms with Crippen molar-refractivity contribution >= 4 is 38.3 Å². The summed E-state index contributed by atoms with van der Waals surface area (Å²) in [4.78, 5) is 0. The molecule has 0 heterocycles. The van der Waals surface area contributed by atoms with Gasteiger partial charge in [0.1, 0.15) is 0 Å². The highest BCUT2D eigenvalue weighted by Gasteiger charge is 2.01. The number of benzene rings is 1. The van der Waals surface area contributed by atoms with Gasteiger partial charge in [0.05, 0.1) is 0 Å². The molecule has 1 atom stereocenters. The van der Waals surface area contributed by atoms with Crippen molar-refractivity contribution < 1.29 is 4.21 Å². The molecule has 90 valence electrons. The van der Waals surface area contributed by atoms with Crippen molar-refractivity contribution in [3.05, 3.63) is 33.3 Å². The second-order valence-corrected chi connectivity index (χ2v) is 6.50. The SMILES string of the molecule is CCS(=O)CCNCc1cc(Cl)ccc1Br. The lowest BCUT2D eigenvalue weighted by molar-refractivity contribution is 0.673. The summed E-state index contributed by atoms with van der Waals surface area (Å²) in [6.07, 6.45) is 0. The van der Waals surface area contributed by atoms with Gasteiger partial charge in [0.25, 0.3) is 0 Å². The molecule has 0 spiro atoms. The number of rotatable bonds is 6. The predicted octanol–water partition coefficient (Wildman–Crippen LogP) is 2.96. The third-order valence-corrected chi connectivity index (χ3v) is 4.46. The summed E-state index contributed by atoms with van der Waals surface area (Å²) in [5.41, 5.74) is 1.12. The summed E-state index contributed by atoms with van der Waals surface area (Å²) in [5, 5.41) is 3.99. The molecule has 2 nitrogen and oxygen atoms in total. The molecule has 0 fully saturated rings. The van der Waals surface area contributed by atoms with Crippen molar-refractivity contribution in [2.75, 3.05) is 18.1 Å². The Morgan fingerprint density at radius 2 is 2.25 bits per heavy atom. The monoisotopic (exact) mass is 323 g/mol. The van der Waals surface area contributed by atoms with Gasteiger partial charge in [-0.15, -0.1) is 0 Å². The molecule has 0 aliphatic rings. The van der Waals surface area contributed by atoms with E-state index in [0.29, 0.717) is 5.75 Å². The van der Waals surface area contributed by atoms with Crippen LogP contribution in [0.3, 0.4) is 0 Å². The van der Waals surface area contributed by atoms with Crippen molar-refractivity contribution in [1.82, 2.24) is 5.32 Å². The van der Waals surface area contributed by atoms with Gasteiger partial charge in [-0.25, -0.2) is 0 Å². The predicted molar refractivity (Wildman–Crippen MR) is 74.4 cm³/mol. The van der Waals surface area contributed by atoms with Gasteiger partial charge in [-0.05, 0) is 23.8 Å². The van der Waals surface area contributed by atoms with Crippen molar-refractivity contribution in [3.8, 4) is 0 Å². The Hall–Kier alpha value is 0.1000. The molecule has 0 bridgehead atoms. The normalized spacial score (nSPS) is 12.7. The van der Waals surface area contributed by atoms with Crippen LogP contribution in [0.5, 0.6) is 0 Å². The van der Waals surface area contributed by atoms with Gasteiger partial charge >= 0.3 is 0 Å². The van der Waals surface area contributed by atoms with Crippen LogP contribution in [0.25, 0.3) is 0 Å². The van der Waals surface area contributed by atoms with Crippen LogP contribution in [0.4, 0.5) is 0 Å². The summed E-state index contributed by atoms with van der Waals surface area (Å²) in [5.74, 6) is 1.43. The summed E-state index contributed by atoms with van der Waals surface area (Å²) in [6.45, 7) is 3.44. The zero-order valence-electron chi connectivity index (χ0n) is 9.13. The Kier molecular flexibility index (Phi) is 6.58. The first-order chi connectivity index (χ1) is 7.63. The lowest BCUT2D eigenvalue weighted by Crippen LogP contribution is -2.20. The van der Waals surface area contributed by atoms with Gasteiger partial charge in [0.15, 0.2) is 0 Å². The van der Waals surface area contributed by atoms with Crippen molar-refractivity contribution in [1.29, 1.82) is 0 Å². The zero-order chi connectivity index (χ0) is 12.0. The van der Waals surface area contributed by atoms with E-state index in [4.69, 9.17) is 11.6 Å². The van der Waals surface area contributed by atoms with E-state index in [1.165, 1.54) is 0 Å². The number of hydrogen-bond donors (Lipinski definition) is 1. The highest BCUT2D eigenvalue weighted by Crippen LogP contribution is 2.20. The minimum Gasteiger partial charge on any atom is -0.312 e. The van der Waals surface area contributed by atoms with Crippen LogP contribution < -0.4 is 5.32 Å². The van der Waals surface area contributed by atoms with E-state index < -0.39 is 10.8 Å². The quantitative estimate of drug-likeness (QED) is 0.815. The summed E-state index contributed by atoms with van der Waals surface area (Å²) >= 11 is 9.37. The van der Waals surface area contributed by atoms with Crippen molar-refractivity contribution in [2.45, 2.75) is 13.5 Å². The molecule has 0 aromatic heterocycles. The van der Waals surface area contributed by atoms with Gasteiger partial charge in [-0.1, -0.05) is 34.5 Å². The maximum absolute atomic E-state index is 11.2. The van der Waals surface area contributed by atoms with E-state index in [-0.39, 0.29) is 0 Å². The Morgan fingerprint density at radius 3 is 2.94 bits per heavy atom. The number of halogens is 2. The summed E-state index contributed by atoms with van der Waals surface area (Å²) in [6, 6.07) is 5.71. The fourth-order valence-electron chi connectivity index (χ4n) is 1.23. The molecule has 0 saturated carbocycles. The second-order valence-electron chi connectivity index (χ2n) is 3.35. The minimum absolute atomic E-state index is 0.695. The van der Waals surface area contributed by atoms with Gasteiger partial charge < -0.3 is 5.32 Å². The fourth-order valence-corrected chi connectivity index (χ4v) is 2.47. The van der Waals surface area contributed by atoms with E-state index in [1.807, 2.05) is 25.1 Å². The topological polar surface area (TPSA) is 29.1 Å². The van der Waals surface area contributed by atoms with Gasteiger partial charge in [-0.2, -0.15) is 0 Å². The van der Waals surface area contributed by atoms with Gasteiger partial charge in [0, 0.05) is 44.9 Å². The molecule has 1 rings (SSSR count). The van der Waals surface area contributed by atoms with Crippen LogP contribution in [0.2, 0.25) is 5.02 Å². The van der Waals surface area contributed by atoms with E-state index in [9.17, 15) is 4.21 Å². The largest absolute Gasteiger partial charge is 0.312 e.